The Morgan fingerprint density at radius 2 is 1.89 bits per heavy atom. The second kappa shape index (κ2) is 6.88. The van der Waals surface area contributed by atoms with E-state index >= 15 is 0 Å². The highest BCUT2D eigenvalue weighted by molar-refractivity contribution is 5.93. The van der Waals surface area contributed by atoms with Crippen molar-refractivity contribution in [2.24, 2.45) is 0 Å². The highest BCUT2D eigenvalue weighted by atomic mass is 19.3. The molecule has 28 heavy (non-hydrogen) atoms. The van der Waals surface area contributed by atoms with Crippen molar-refractivity contribution in [3.8, 4) is 0 Å². The zero-order valence-corrected chi connectivity index (χ0v) is 14.8. The molecule has 4 aromatic rings. The van der Waals surface area contributed by atoms with Crippen molar-refractivity contribution in [2.75, 3.05) is 7.05 Å². The summed E-state index contributed by atoms with van der Waals surface area (Å²) in [4.78, 5) is 30.3. The number of amides is 1. The minimum absolute atomic E-state index is 0.0372. The molecule has 0 fully saturated rings. The van der Waals surface area contributed by atoms with Crippen LogP contribution in [-0.4, -0.2) is 27.4 Å². The molecule has 0 aliphatic heterocycles. The molecule has 0 bridgehead atoms. The molecule has 0 atom stereocenters. The number of rotatable bonds is 4. The van der Waals surface area contributed by atoms with Crippen LogP contribution in [0.3, 0.4) is 0 Å². The van der Waals surface area contributed by atoms with Gasteiger partial charge in [-0.2, -0.15) is 8.78 Å². The lowest BCUT2D eigenvalue weighted by molar-refractivity contribution is 0.0635. The number of benzene rings is 2. The minimum atomic E-state index is -2.80. The van der Waals surface area contributed by atoms with Gasteiger partial charge in [0.2, 0.25) is 0 Å². The molecule has 8 heteroatoms. The Bertz CT molecular complexity index is 1250. The number of hydrogen-bond acceptors (Lipinski definition) is 4. The molecule has 142 valence electrons. The number of nitrogens with zero attached hydrogens (tertiary/aromatic N) is 3. The van der Waals surface area contributed by atoms with E-state index in [2.05, 4.69) is 4.98 Å². The van der Waals surface area contributed by atoms with Gasteiger partial charge in [-0.05, 0) is 24.3 Å². The maximum atomic E-state index is 13.6. The maximum Gasteiger partial charge on any atom is 0.320 e. The van der Waals surface area contributed by atoms with Crippen molar-refractivity contribution in [2.45, 2.75) is 13.1 Å². The van der Waals surface area contributed by atoms with Gasteiger partial charge < -0.3 is 9.32 Å². The van der Waals surface area contributed by atoms with Gasteiger partial charge >= 0.3 is 6.55 Å². The van der Waals surface area contributed by atoms with E-state index in [9.17, 15) is 18.4 Å². The summed E-state index contributed by atoms with van der Waals surface area (Å²) in [6.45, 7) is -2.97. The molecule has 2 aromatic carbocycles. The van der Waals surface area contributed by atoms with E-state index < -0.39 is 12.5 Å². The topological polar surface area (TPSA) is 68.3 Å². The standard InChI is InChI=1S/C20H15F2N3O3/c1-24(11-18-23-13-7-3-4-8-14(13)25(18)20(21)22)19(27)17-10-15(26)12-6-2-5-9-16(12)28-17/h2-10,20H,11H2,1H3. The summed E-state index contributed by atoms with van der Waals surface area (Å²) >= 11 is 0. The summed E-state index contributed by atoms with van der Waals surface area (Å²) in [5, 5.41) is 0.362. The van der Waals surface area contributed by atoms with Gasteiger partial charge in [0.05, 0.1) is 23.0 Å². The van der Waals surface area contributed by atoms with Crippen LogP contribution in [0.4, 0.5) is 8.78 Å². The van der Waals surface area contributed by atoms with Crippen molar-refractivity contribution >= 4 is 27.9 Å². The highest BCUT2D eigenvalue weighted by Gasteiger charge is 2.22. The summed E-state index contributed by atoms with van der Waals surface area (Å²) in [7, 11) is 1.44. The van der Waals surface area contributed by atoms with Crippen LogP contribution in [-0.2, 0) is 6.54 Å². The fourth-order valence-corrected chi connectivity index (χ4v) is 3.11. The van der Waals surface area contributed by atoms with Crippen molar-refractivity contribution in [1.29, 1.82) is 0 Å². The van der Waals surface area contributed by atoms with Crippen LogP contribution in [0.15, 0.2) is 63.8 Å². The number of halogens is 2. The molecular formula is C20H15F2N3O3. The molecule has 2 heterocycles. The first-order valence-corrected chi connectivity index (χ1v) is 8.48. The Kier molecular flexibility index (Phi) is 4.38. The molecule has 0 spiro atoms. The summed E-state index contributed by atoms with van der Waals surface area (Å²) in [5.74, 6) is -0.725. The normalized spacial score (nSPS) is 11.4. The lowest BCUT2D eigenvalue weighted by Crippen LogP contribution is -2.28. The molecule has 0 aliphatic carbocycles. The van der Waals surface area contributed by atoms with E-state index in [0.29, 0.717) is 10.9 Å². The van der Waals surface area contributed by atoms with Gasteiger partial charge in [-0.1, -0.05) is 24.3 Å². The van der Waals surface area contributed by atoms with Gasteiger partial charge in [-0.15, -0.1) is 0 Å². The first-order valence-electron chi connectivity index (χ1n) is 8.48. The van der Waals surface area contributed by atoms with E-state index in [1.165, 1.54) is 11.9 Å². The van der Waals surface area contributed by atoms with Crippen LogP contribution in [0.5, 0.6) is 0 Å². The van der Waals surface area contributed by atoms with E-state index in [0.717, 1.165) is 10.6 Å². The van der Waals surface area contributed by atoms with E-state index in [4.69, 9.17) is 4.42 Å². The molecule has 4 rings (SSSR count). The quantitative estimate of drug-likeness (QED) is 0.537. The minimum Gasteiger partial charge on any atom is -0.451 e. The van der Waals surface area contributed by atoms with Crippen LogP contribution >= 0.6 is 0 Å². The molecule has 0 N–H and O–H groups in total. The second-order valence-electron chi connectivity index (χ2n) is 6.30. The molecule has 2 aromatic heterocycles. The third kappa shape index (κ3) is 3.02. The monoisotopic (exact) mass is 383 g/mol. The predicted octanol–water partition coefficient (Wildman–Crippen LogP) is 3.81. The van der Waals surface area contributed by atoms with Crippen molar-refractivity contribution in [3.05, 3.63) is 76.4 Å². The second-order valence-corrected chi connectivity index (χ2v) is 6.30. The smallest absolute Gasteiger partial charge is 0.320 e. The average Bonchev–Trinajstić information content (AvgIpc) is 3.05. The molecule has 1 amide bonds. The maximum absolute atomic E-state index is 13.6. The van der Waals surface area contributed by atoms with Gasteiger partial charge in [0.15, 0.2) is 11.2 Å². The average molecular weight is 383 g/mol. The molecular weight excluding hydrogens is 368 g/mol. The Morgan fingerprint density at radius 3 is 2.68 bits per heavy atom. The molecule has 6 nitrogen and oxygen atoms in total. The van der Waals surface area contributed by atoms with Crippen LogP contribution in [0.2, 0.25) is 0 Å². The largest absolute Gasteiger partial charge is 0.451 e. The van der Waals surface area contributed by atoms with Crippen LogP contribution < -0.4 is 5.43 Å². The number of imidazole rings is 1. The zero-order valence-electron chi connectivity index (χ0n) is 14.8. The number of carbonyl (C=O) groups is 1. The Labute approximate surface area is 157 Å². The zero-order chi connectivity index (χ0) is 19.8. The van der Waals surface area contributed by atoms with Crippen LogP contribution in [0.25, 0.3) is 22.0 Å². The Morgan fingerprint density at radius 1 is 1.18 bits per heavy atom. The molecule has 0 unspecified atom stereocenters. The molecule has 0 radical (unpaired) electrons. The molecule has 0 saturated carbocycles. The number of aromatic nitrogens is 2. The van der Waals surface area contributed by atoms with Crippen molar-refractivity contribution in [1.82, 2.24) is 14.5 Å². The van der Waals surface area contributed by atoms with Gasteiger partial charge in [-0.25, -0.2) is 4.98 Å². The van der Waals surface area contributed by atoms with Gasteiger partial charge in [0.1, 0.15) is 11.4 Å². The van der Waals surface area contributed by atoms with Crippen LogP contribution in [0.1, 0.15) is 22.9 Å². The fraction of sp³-hybridized carbons (Fsp3) is 0.150. The Hall–Kier alpha value is -3.55. The number of hydrogen-bond donors (Lipinski definition) is 0. The highest BCUT2D eigenvalue weighted by Crippen LogP contribution is 2.24. The van der Waals surface area contributed by atoms with Crippen LogP contribution in [0, 0.1) is 0 Å². The molecule has 0 saturated heterocycles. The van der Waals surface area contributed by atoms with Gasteiger partial charge in [0.25, 0.3) is 5.91 Å². The lowest BCUT2D eigenvalue weighted by atomic mass is 10.2. The first-order chi connectivity index (χ1) is 13.5. The summed E-state index contributed by atoms with van der Waals surface area (Å²) < 4.78 is 33.4. The number of fused-ring (bicyclic) bond motifs is 2. The predicted molar refractivity (Wildman–Crippen MR) is 99.3 cm³/mol. The third-order valence-corrected chi connectivity index (χ3v) is 4.43. The van der Waals surface area contributed by atoms with Crippen molar-refractivity contribution in [3.63, 3.8) is 0 Å². The third-order valence-electron chi connectivity index (χ3n) is 4.43. The number of alkyl halides is 2. The Balaban J connectivity index is 1.68. The van der Waals surface area contributed by atoms with E-state index in [-0.39, 0.29) is 34.7 Å². The fourth-order valence-electron chi connectivity index (χ4n) is 3.11. The first kappa shape index (κ1) is 17.8. The summed E-state index contributed by atoms with van der Waals surface area (Å²) in [6, 6.07) is 14.2. The SMILES string of the molecule is CN(Cc1nc2ccccc2n1C(F)F)C(=O)c1cc(=O)c2ccccc2o1. The number of carbonyl (C=O) groups excluding carboxylic acids is 1. The van der Waals surface area contributed by atoms with Crippen molar-refractivity contribution < 1.29 is 18.0 Å². The molecule has 0 aliphatic rings. The summed E-state index contributed by atoms with van der Waals surface area (Å²) in [6.07, 6.45) is 0. The van der Waals surface area contributed by atoms with Gasteiger partial charge in [-0.3, -0.25) is 14.2 Å². The lowest BCUT2D eigenvalue weighted by Gasteiger charge is -2.17. The van der Waals surface area contributed by atoms with E-state index in [1.54, 1.807) is 48.5 Å². The number of para-hydroxylation sites is 3. The summed E-state index contributed by atoms with van der Waals surface area (Å²) in [5.41, 5.74) is 0.631. The van der Waals surface area contributed by atoms with E-state index in [1.807, 2.05) is 0 Å². The van der Waals surface area contributed by atoms with Gasteiger partial charge in [0, 0.05) is 13.1 Å².